The van der Waals surface area contributed by atoms with Gasteiger partial charge >= 0.3 is 0 Å². The summed E-state index contributed by atoms with van der Waals surface area (Å²) in [6.07, 6.45) is 0. The molecule has 0 radical (unpaired) electrons. The average Bonchev–Trinajstić information content (AvgIpc) is 2.40. The number of carbonyl (C=O) groups is 1. The standard InChI is InChI=1S/C16H17NO/c1-12(14-8-4-3-5-9-14)17-16-11-7-6-10-15(16)13(2)18/h3-12,17H,1-2H3. The van der Waals surface area contributed by atoms with Gasteiger partial charge in [0.1, 0.15) is 0 Å². The average molecular weight is 239 g/mol. The van der Waals surface area contributed by atoms with E-state index in [0.29, 0.717) is 0 Å². The first-order valence-corrected chi connectivity index (χ1v) is 6.10. The van der Waals surface area contributed by atoms with Gasteiger partial charge in [-0.15, -0.1) is 0 Å². The third kappa shape index (κ3) is 2.77. The number of hydrogen-bond donors (Lipinski definition) is 1. The normalized spacial score (nSPS) is 11.9. The molecular weight excluding hydrogens is 222 g/mol. The van der Waals surface area contributed by atoms with Crippen molar-refractivity contribution in [2.75, 3.05) is 5.32 Å². The van der Waals surface area contributed by atoms with Crippen LogP contribution < -0.4 is 5.32 Å². The van der Waals surface area contributed by atoms with Gasteiger partial charge in [-0.05, 0) is 31.5 Å². The zero-order valence-corrected chi connectivity index (χ0v) is 10.7. The Bertz CT molecular complexity index is 534. The van der Waals surface area contributed by atoms with Crippen LogP contribution in [-0.4, -0.2) is 5.78 Å². The summed E-state index contributed by atoms with van der Waals surface area (Å²) in [6.45, 7) is 3.68. The van der Waals surface area contributed by atoms with Crippen LogP contribution in [0.25, 0.3) is 0 Å². The van der Waals surface area contributed by atoms with Crippen LogP contribution in [-0.2, 0) is 0 Å². The molecule has 0 fully saturated rings. The smallest absolute Gasteiger partial charge is 0.161 e. The number of rotatable bonds is 4. The first-order valence-electron chi connectivity index (χ1n) is 6.10. The highest BCUT2D eigenvalue weighted by atomic mass is 16.1. The molecule has 2 aromatic rings. The van der Waals surface area contributed by atoms with Gasteiger partial charge in [0.2, 0.25) is 0 Å². The van der Waals surface area contributed by atoms with E-state index in [-0.39, 0.29) is 11.8 Å². The number of anilines is 1. The van der Waals surface area contributed by atoms with E-state index in [9.17, 15) is 4.79 Å². The molecule has 18 heavy (non-hydrogen) atoms. The first kappa shape index (κ1) is 12.4. The fraction of sp³-hybridized carbons (Fsp3) is 0.188. The zero-order valence-electron chi connectivity index (χ0n) is 10.7. The van der Waals surface area contributed by atoms with Gasteiger partial charge in [0.25, 0.3) is 0 Å². The third-order valence-corrected chi connectivity index (χ3v) is 2.98. The summed E-state index contributed by atoms with van der Waals surface area (Å²) in [6, 6.07) is 18.0. The summed E-state index contributed by atoms with van der Waals surface area (Å²) < 4.78 is 0. The van der Waals surface area contributed by atoms with Gasteiger partial charge in [0, 0.05) is 17.3 Å². The maximum absolute atomic E-state index is 11.5. The van der Waals surface area contributed by atoms with E-state index in [4.69, 9.17) is 0 Å². The van der Waals surface area contributed by atoms with Crippen molar-refractivity contribution >= 4 is 11.5 Å². The van der Waals surface area contributed by atoms with Crippen molar-refractivity contribution in [1.29, 1.82) is 0 Å². The Kier molecular flexibility index (Phi) is 3.78. The molecule has 0 saturated carbocycles. The van der Waals surface area contributed by atoms with Crippen LogP contribution in [0.3, 0.4) is 0 Å². The van der Waals surface area contributed by atoms with Crippen molar-refractivity contribution in [1.82, 2.24) is 0 Å². The summed E-state index contributed by atoms with van der Waals surface area (Å²) in [5.74, 6) is 0.0818. The van der Waals surface area contributed by atoms with Crippen LogP contribution in [0.5, 0.6) is 0 Å². The highest BCUT2D eigenvalue weighted by Gasteiger charge is 2.09. The molecule has 0 amide bonds. The summed E-state index contributed by atoms with van der Waals surface area (Å²) >= 11 is 0. The monoisotopic (exact) mass is 239 g/mol. The molecule has 2 rings (SSSR count). The molecule has 0 aromatic heterocycles. The maximum atomic E-state index is 11.5. The minimum atomic E-state index is 0.0818. The molecule has 1 N–H and O–H groups in total. The lowest BCUT2D eigenvalue weighted by Gasteiger charge is -2.17. The van der Waals surface area contributed by atoms with Gasteiger partial charge in [-0.2, -0.15) is 0 Å². The van der Waals surface area contributed by atoms with Crippen LogP contribution in [0, 0.1) is 0 Å². The molecule has 0 saturated heterocycles. The molecule has 0 spiro atoms. The number of carbonyl (C=O) groups excluding carboxylic acids is 1. The fourth-order valence-corrected chi connectivity index (χ4v) is 1.97. The molecule has 2 aromatic carbocycles. The van der Waals surface area contributed by atoms with Crippen molar-refractivity contribution < 1.29 is 4.79 Å². The number of ketones is 1. The van der Waals surface area contributed by atoms with Crippen LogP contribution in [0.2, 0.25) is 0 Å². The molecule has 2 nitrogen and oxygen atoms in total. The molecular formula is C16H17NO. The minimum absolute atomic E-state index is 0.0818. The summed E-state index contributed by atoms with van der Waals surface area (Å²) in [4.78, 5) is 11.5. The Morgan fingerprint density at radius 2 is 1.61 bits per heavy atom. The Balaban J connectivity index is 2.22. The lowest BCUT2D eigenvalue weighted by Crippen LogP contribution is -2.09. The van der Waals surface area contributed by atoms with Gasteiger partial charge in [0.05, 0.1) is 0 Å². The van der Waals surface area contributed by atoms with Gasteiger partial charge in [0.15, 0.2) is 5.78 Å². The first-order chi connectivity index (χ1) is 8.68. The number of nitrogens with one attached hydrogen (secondary N) is 1. The predicted octanol–water partition coefficient (Wildman–Crippen LogP) is 4.06. The van der Waals surface area contributed by atoms with Gasteiger partial charge < -0.3 is 5.32 Å². The van der Waals surface area contributed by atoms with Crippen LogP contribution >= 0.6 is 0 Å². The second-order valence-electron chi connectivity index (χ2n) is 4.38. The Labute approximate surface area is 108 Å². The molecule has 0 aliphatic rings. The molecule has 0 aliphatic carbocycles. The SMILES string of the molecule is CC(=O)c1ccccc1NC(C)c1ccccc1. The van der Waals surface area contributed by atoms with E-state index in [0.717, 1.165) is 11.3 Å². The second kappa shape index (κ2) is 5.50. The van der Waals surface area contributed by atoms with Gasteiger partial charge in [-0.25, -0.2) is 0 Å². The number of Topliss-reactive ketones (excluding diaryl/α,β-unsaturated/α-hetero) is 1. The maximum Gasteiger partial charge on any atom is 0.161 e. The topological polar surface area (TPSA) is 29.1 Å². The fourth-order valence-electron chi connectivity index (χ4n) is 1.97. The molecule has 92 valence electrons. The van der Waals surface area contributed by atoms with E-state index in [2.05, 4.69) is 24.4 Å². The quantitative estimate of drug-likeness (QED) is 0.815. The van der Waals surface area contributed by atoms with E-state index in [1.54, 1.807) is 6.92 Å². The van der Waals surface area contributed by atoms with E-state index in [1.165, 1.54) is 5.56 Å². The molecule has 0 heterocycles. The summed E-state index contributed by atoms with van der Waals surface area (Å²) in [5.41, 5.74) is 2.83. The second-order valence-corrected chi connectivity index (χ2v) is 4.38. The van der Waals surface area contributed by atoms with Crippen molar-refractivity contribution in [2.24, 2.45) is 0 Å². The van der Waals surface area contributed by atoms with Crippen molar-refractivity contribution in [3.63, 3.8) is 0 Å². The van der Waals surface area contributed by atoms with E-state index >= 15 is 0 Å². The zero-order chi connectivity index (χ0) is 13.0. The van der Waals surface area contributed by atoms with Crippen molar-refractivity contribution in [3.8, 4) is 0 Å². The van der Waals surface area contributed by atoms with E-state index in [1.807, 2.05) is 42.5 Å². The van der Waals surface area contributed by atoms with Crippen molar-refractivity contribution in [3.05, 3.63) is 65.7 Å². The van der Waals surface area contributed by atoms with E-state index < -0.39 is 0 Å². The van der Waals surface area contributed by atoms with Crippen LogP contribution in [0.1, 0.15) is 35.8 Å². The Morgan fingerprint density at radius 1 is 1.00 bits per heavy atom. The minimum Gasteiger partial charge on any atom is -0.378 e. The van der Waals surface area contributed by atoms with Crippen molar-refractivity contribution in [2.45, 2.75) is 19.9 Å². The Morgan fingerprint density at radius 3 is 2.28 bits per heavy atom. The molecule has 0 bridgehead atoms. The highest BCUT2D eigenvalue weighted by Crippen LogP contribution is 2.22. The van der Waals surface area contributed by atoms with Crippen LogP contribution in [0.4, 0.5) is 5.69 Å². The number of benzene rings is 2. The lowest BCUT2D eigenvalue weighted by atomic mass is 10.1. The Hall–Kier alpha value is -2.09. The van der Waals surface area contributed by atoms with Gasteiger partial charge in [-0.3, -0.25) is 4.79 Å². The highest BCUT2D eigenvalue weighted by molar-refractivity contribution is 5.99. The number of para-hydroxylation sites is 1. The summed E-state index contributed by atoms with van der Waals surface area (Å²) in [7, 11) is 0. The molecule has 2 heteroatoms. The molecule has 1 atom stereocenters. The molecule has 0 aliphatic heterocycles. The largest absolute Gasteiger partial charge is 0.378 e. The van der Waals surface area contributed by atoms with Crippen LogP contribution in [0.15, 0.2) is 54.6 Å². The summed E-state index contributed by atoms with van der Waals surface area (Å²) in [5, 5.41) is 3.39. The lowest BCUT2D eigenvalue weighted by molar-refractivity contribution is 0.101. The third-order valence-electron chi connectivity index (χ3n) is 2.98. The molecule has 1 unspecified atom stereocenters. The number of hydrogen-bond acceptors (Lipinski definition) is 2. The van der Waals surface area contributed by atoms with Gasteiger partial charge in [-0.1, -0.05) is 42.5 Å². The predicted molar refractivity (Wildman–Crippen MR) is 74.9 cm³/mol.